The van der Waals surface area contributed by atoms with E-state index in [1.54, 1.807) is 49.7 Å². The number of esters is 1. The molecule has 3 aliphatic rings. The average molecular weight is 698 g/mol. The molecule has 1 amide bonds. The van der Waals surface area contributed by atoms with Crippen molar-refractivity contribution in [1.29, 1.82) is 0 Å². The number of carbonyl (C=O) groups is 2. The smallest absolute Gasteiger partial charge is 0.414 e. The monoisotopic (exact) mass is 696 g/mol. The number of hydrogen-bond acceptors (Lipinski definition) is 8. The van der Waals surface area contributed by atoms with E-state index >= 15 is 0 Å². The summed E-state index contributed by atoms with van der Waals surface area (Å²) < 4.78 is 23.1. The molecule has 3 fully saturated rings. The summed E-state index contributed by atoms with van der Waals surface area (Å²) in [5.74, 6) is 0.915. The first kappa shape index (κ1) is 33.1. The molecule has 1 N–H and O–H groups in total. The summed E-state index contributed by atoms with van der Waals surface area (Å²) in [6.45, 7) is 3.14. The molecule has 7 rings (SSSR count). The minimum atomic E-state index is -0.748. The number of aromatic amines is 1. The van der Waals surface area contributed by atoms with Gasteiger partial charge >= 0.3 is 12.1 Å². The summed E-state index contributed by atoms with van der Waals surface area (Å²) in [4.78, 5) is 35.4. The van der Waals surface area contributed by atoms with Gasteiger partial charge in [0.1, 0.15) is 27.1 Å². The number of pyridine rings is 1. The first-order chi connectivity index (χ1) is 22.8. The standard InChI is InChI=1S/C35H35Cl2N3O6S/c1-43-29-10-8-23(16-31(29)44-2)30(17-26-27(36)18-38-19-28(26)37)45-34(41)33-11-9-25(47-33)20-40(24-6-4-3-5-7-24)35(42)46-32-21-39-14-12-22(32)13-15-39/h3-11,16,18-19,22,30,32H,12-15,17,20-21H2,1-2H3/p+1/t30-,32-/m0/s1. The summed E-state index contributed by atoms with van der Waals surface area (Å²) in [6, 6.07) is 18.3. The third kappa shape index (κ3) is 7.67. The number of thiophene rings is 1. The van der Waals surface area contributed by atoms with Crippen LogP contribution >= 0.6 is 34.5 Å². The van der Waals surface area contributed by atoms with Gasteiger partial charge < -0.3 is 18.9 Å². The second kappa shape index (κ2) is 14.9. The highest BCUT2D eigenvalue weighted by atomic mass is 35.5. The van der Waals surface area contributed by atoms with E-state index in [1.807, 2.05) is 42.5 Å². The Bertz CT molecular complexity index is 1690. The molecule has 2 atom stereocenters. The highest BCUT2D eigenvalue weighted by Gasteiger charge is 2.37. The Kier molecular flexibility index (Phi) is 10.5. The van der Waals surface area contributed by atoms with Gasteiger partial charge in [-0.1, -0.05) is 47.5 Å². The van der Waals surface area contributed by atoms with Gasteiger partial charge in [-0.05, 0) is 73.8 Å². The molecule has 0 aliphatic carbocycles. The van der Waals surface area contributed by atoms with E-state index in [9.17, 15) is 9.59 Å². The van der Waals surface area contributed by atoms with Gasteiger partial charge in [0.05, 0.1) is 20.8 Å². The molecule has 3 aliphatic heterocycles. The molecule has 0 unspecified atom stereocenters. The normalized spacial score (nSPS) is 19.1. The molecular formula is C35H36Cl2N3O6S+. The minimum absolute atomic E-state index is 0.122. The molecule has 0 spiro atoms. The Morgan fingerprint density at radius 2 is 1.70 bits per heavy atom. The van der Waals surface area contributed by atoms with Crippen LogP contribution in [-0.2, 0) is 22.4 Å². The zero-order chi connectivity index (χ0) is 32.9. The van der Waals surface area contributed by atoms with Gasteiger partial charge in [-0.25, -0.2) is 14.6 Å². The van der Waals surface area contributed by atoms with E-state index < -0.39 is 18.2 Å². The highest BCUT2D eigenvalue weighted by Crippen LogP contribution is 2.36. The molecule has 2 aromatic carbocycles. The number of hydrogen-bond donors (Lipinski definition) is 0. The molecule has 5 heterocycles. The molecule has 2 aromatic heterocycles. The third-order valence-electron chi connectivity index (χ3n) is 8.73. The van der Waals surface area contributed by atoms with Crippen molar-refractivity contribution in [1.82, 2.24) is 4.90 Å². The Morgan fingerprint density at radius 1 is 0.979 bits per heavy atom. The number of benzene rings is 2. The van der Waals surface area contributed by atoms with Crippen molar-refractivity contribution in [3.05, 3.63) is 104 Å². The number of anilines is 1. The maximum Gasteiger partial charge on any atom is 0.414 e. The van der Waals surface area contributed by atoms with Gasteiger partial charge in [0.15, 0.2) is 23.9 Å². The quantitative estimate of drug-likeness (QED) is 0.152. The van der Waals surface area contributed by atoms with Crippen LogP contribution in [0.1, 0.15) is 44.6 Å². The van der Waals surface area contributed by atoms with Crippen LogP contribution in [0.5, 0.6) is 11.5 Å². The predicted octanol–water partition coefficient (Wildman–Crippen LogP) is 7.26. The number of ether oxygens (including phenoxy) is 4. The van der Waals surface area contributed by atoms with Crippen molar-refractivity contribution in [2.45, 2.75) is 38.0 Å². The molecule has 2 bridgehead atoms. The van der Waals surface area contributed by atoms with E-state index in [-0.39, 0.29) is 19.1 Å². The lowest BCUT2D eigenvalue weighted by molar-refractivity contribution is -0.377. The average Bonchev–Trinajstić information content (AvgIpc) is 3.58. The second-order valence-electron chi connectivity index (χ2n) is 11.6. The largest absolute Gasteiger partial charge is 0.493 e. The van der Waals surface area contributed by atoms with E-state index in [4.69, 9.17) is 42.1 Å². The summed E-state index contributed by atoms with van der Waals surface area (Å²) >= 11 is 14.2. The Morgan fingerprint density at radius 3 is 2.36 bits per heavy atom. The van der Waals surface area contributed by atoms with Crippen LogP contribution in [0, 0.1) is 5.92 Å². The van der Waals surface area contributed by atoms with Crippen molar-refractivity contribution in [3.63, 3.8) is 0 Å². The molecule has 47 heavy (non-hydrogen) atoms. The van der Waals surface area contributed by atoms with Gasteiger partial charge in [-0.2, -0.15) is 0 Å². The van der Waals surface area contributed by atoms with Crippen LogP contribution in [0.2, 0.25) is 10.0 Å². The van der Waals surface area contributed by atoms with Gasteiger partial charge in [0.25, 0.3) is 0 Å². The summed E-state index contributed by atoms with van der Waals surface area (Å²) in [7, 11) is 3.10. The fourth-order valence-corrected chi connectivity index (χ4v) is 7.57. The topological polar surface area (TPSA) is 91.7 Å². The number of nitrogens with zero attached hydrogens (tertiary/aromatic N) is 2. The molecular weight excluding hydrogens is 661 g/mol. The first-order valence-corrected chi connectivity index (χ1v) is 17.0. The van der Waals surface area contributed by atoms with Crippen molar-refractivity contribution < 1.29 is 33.5 Å². The molecule has 9 nitrogen and oxygen atoms in total. The number of rotatable bonds is 11. The number of piperidine rings is 3. The maximum atomic E-state index is 13.7. The van der Waals surface area contributed by atoms with E-state index in [0.717, 1.165) is 43.0 Å². The Hall–Kier alpha value is -3.83. The fraction of sp³-hybridized carbons (Fsp3) is 0.343. The predicted molar refractivity (Wildman–Crippen MR) is 181 cm³/mol. The Labute approximate surface area is 287 Å². The van der Waals surface area contributed by atoms with Gasteiger partial charge in [0, 0.05) is 29.1 Å². The number of nitrogens with one attached hydrogen (secondary N) is 1. The first-order valence-electron chi connectivity index (χ1n) is 15.4. The number of halogens is 2. The lowest BCUT2D eigenvalue weighted by Gasteiger charge is -2.44. The second-order valence-corrected chi connectivity index (χ2v) is 13.6. The Balaban J connectivity index is 1.21. The van der Waals surface area contributed by atoms with Crippen LogP contribution in [0.25, 0.3) is 0 Å². The lowest BCUT2D eigenvalue weighted by atomic mass is 9.86. The molecule has 12 heteroatoms. The molecule has 246 valence electrons. The number of amides is 1. The van der Waals surface area contributed by atoms with Gasteiger partial charge in [-0.3, -0.25) is 9.80 Å². The van der Waals surface area contributed by atoms with Crippen LogP contribution in [0.15, 0.2) is 73.1 Å². The van der Waals surface area contributed by atoms with E-state index in [2.05, 4.69) is 9.88 Å². The summed E-state index contributed by atoms with van der Waals surface area (Å²) in [5.41, 5.74) is 2.03. The van der Waals surface area contributed by atoms with Crippen LogP contribution in [-0.4, -0.2) is 56.9 Å². The number of para-hydroxylation sites is 1. The number of methoxy groups -OCH3 is 2. The summed E-state index contributed by atoms with van der Waals surface area (Å²) in [5, 5.41) is 0.840. The number of carbonyl (C=O) groups excluding carboxylic acids is 2. The van der Waals surface area contributed by atoms with Gasteiger partial charge in [0.2, 0.25) is 0 Å². The minimum Gasteiger partial charge on any atom is -0.493 e. The molecule has 4 aromatic rings. The zero-order valence-electron chi connectivity index (χ0n) is 26.1. The van der Waals surface area contributed by atoms with Crippen molar-refractivity contribution >= 4 is 52.3 Å². The van der Waals surface area contributed by atoms with Crippen LogP contribution in [0.4, 0.5) is 10.5 Å². The van der Waals surface area contributed by atoms with Crippen molar-refractivity contribution in [2.24, 2.45) is 5.92 Å². The lowest BCUT2D eigenvalue weighted by Crippen LogP contribution is -2.53. The van der Waals surface area contributed by atoms with E-state index in [1.165, 1.54) is 11.3 Å². The highest BCUT2D eigenvalue weighted by molar-refractivity contribution is 7.14. The summed E-state index contributed by atoms with van der Waals surface area (Å²) in [6.07, 6.45) is 4.30. The number of aromatic nitrogens is 1. The fourth-order valence-electron chi connectivity index (χ4n) is 6.16. The van der Waals surface area contributed by atoms with Crippen LogP contribution in [0.3, 0.4) is 0 Å². The maximum absolute atomic E-state index is 13.7. The van der Waals surface area contributed by atoms with Crippen LogP contribution < -0.4 is 19.4 Å². The molecule has 3 saturated heterocycles. The number of H-pyrrole nitrogens is 1. The SMILES string of the molecule is COc1ccc([C@H](Cc2c(Cl)c[nH+]cc2Cl)OC(=O)c2ccc(CN(C(=O)O[C@H]3CN4CCC3CC4)c3ccccc3)s2)cc1OC. The van der Waals surface area contributed by atoms with E-state index in [0.29, 0.717) is 43.5 Å². The molecule has 0 radical (unpaired) electrons. The van der Waals surface area contributed by atoms with Crippen molar-refractivity contribution in [3.8, 4) is 11.5 Å². The number of fused-ring (bicyclic) bond motifs is 3. The van der Waals surface area contributed by atoms with Crippen molar-refractivity contribution in [2.75, 3.05) is 38.8 Å². The van der Waals surface area contributed by atoms with Gasteiger partial charge in [-0.15, -0.1) is 11.3 Å². The molecule has 0 saturated carbocycles. The zero-order valence-corrected chi connectivity index (χ0v) is 28.4. The third-order valence-corrected chi connectivity index (χ3v) is 10.5.